The number of amides is 1. The zero-order valence-electron chi connectivity index (χ0n) is 19.9. The molecular formula is C25H36ClN5O2. The first-order chi connectivity index (χ1) is 16.0. The van der Waals surface area contributed by atoms with E-state index in [1.54, 1.807) is 0 Å². The van der Waals surface area contributed by atoms with Gasteiger partial charge in [0.15, 0.2) is 0 Å². The fourth-order valence-corrected chi connectivity index (χ4v) is 4.71. The van der Waals surface area contributed by atoms with E-state index in [1.807, 2.05) is 31.2 Å². The summed E-state index contributed by atoms with van der Waals surface area (Å²) in [6, 6.07) is 7.54. The summed E-state index contributed by atoms with van der Waals surface area (Å²) in [6.07, 6.45) is 2.81. The predicted molar refractivity (Wildman–Crippen MR) is 131 cm³/mol. The lowest BCUT2D eigenvalue weighted by atomic mass is 9.95. The molecule has 33 heavy (non-hydrogen) atoms. The standard InChI is InChI=1S/C25H36ClN5O2/c1-19-23(28-25(33-19)21-4-6-22(26)7-5-21)18-31-12-8-20(9-13-31)24(32)27-10-3-11-30-16-14-29(2)15-17-30/h4-7,20H,3,8-18H2,1-2H3,(H,27,32). The van der Waals surface area contributed by atoms with Crippen LogP contribution in [0.5, 0.6) is 0 Å². The highest BCUT2D eigenvalue weighted by molar-refractivity contribution is 6.30. The monoisotopic (exact) mass is 473 g/mol. The number of benzene rings is 1. The second kappa shape index (κ2) is 11.5. The summed E-state index contributed by atoms with van der Waals surface area (Å²) >= 11 is 5.98. The average molecular weight is 474 g/mol. The molecule has 1 aromatic carbocycles. The SMILES string of the molecule is Cc1oc(-c2ccc(Cl)cc2)nc1CN1CCC(C(=O)NCCCN2CCN(C)CC2)CC1. The molecule has 0 radical (unpaired) electrons. The van der Waals surface area contributed by atoms with Crippen LogP contribution in [0.4, 0.5) is 0 Å². The third-order valence-electron chi connectivity index (χ3n) is 6.86. The molecule has 8 heteroatoms. The fourth-order valence-electron chi connectivity index (χ4n) is 4.59. The Labute approximate surface area is 202 Å². The summed E-state index contributed by atoms with van der Waals surface area (Å²) in [5.74, 6) is 1.81. The smallest absolute Gasteiger partial charge is 0.226 e. The van der Waals surface area contributed by atoms with Crippen molar-refractivity contribution in [2.24, 2.45) is 5.92 Å². The Morgan fingerprint density at radius 1 is 1.09 bits per heavy atom. The minimum Gasteiger partial charge on any atom is -0.441 e. The molecule has 2 aromatic rings. The van der Waals surface area contributed by atoms with E-state index in [4.69, 9.17) is 21.0 Å². The number of carbonyl (C=O) groups excluding carboxylic acids is 1. The van der Waals surface area contributed by atoms with Crippen LogP contribution in [0.15, 0.2) is 28.7 Å². The van der Waals surface area contributed by atoms with E-state index < -0.39 is 0 Å². The quantitative estimate of drug-likeness (QED) is 0.593. The van der Waals surface area contributed by atoms with Gasteiger partial charge in [0.05, 0.1) is 5.69 Å². The number of nitrogens with one attached hydrogen (secondary N) is 1. The molecule has 3 heterocycles. The van der Waals surface area contributed by atoms with E-state index in [1.165, 1.54) is 0 Å². The summed E-state index contributed by atoms with van der Waals surface area (Å²) in [6.45, 7) is 10.9. The lowest BCUT2D eigenvalue weighted by Crippen LogP contribution is -2.45. The molecule has 180 valence electrons. The lowest BCUT2D eigenvalue weighted by molar-refractivity contribution is -0.126. The summed E-state index contributed by atoms with van der Waals surface area (Å²) in [7, 11) is 2.17. The molecule has 2 aliphatic heterocycles. The number of hydrogen-bond donors (Lipinski definition) is 1. The Hall–Kier alpha value is -1.93. The van der Waals surface area contributed by atoms with Crippen molar-refractivity contribution in [3.05, 3.63) is 40.7 Å². The molecule has 7 nitrogen and oxygen atoms in total. The summed E-state index contributed by atoms with van der Waals surface area (Å²) in [5.41, 5.74) is 1.89. The van der Waals surface area contributed by atoms with Gasteiger partial charge in [-0.3, -0.25) is 9.69 Å². The van der Waals surface area contributed by atoms with Crippen molar-refractivity contribution in [1.82, 2.24) is 25.0 Å². The maximum absolute atomic E-state index is 12.6. The van der Waals surface area contributed by atoms with Crippen LogP contribution in [-0.4, -0.2) is 85.0 Å². The highest BCUT2D eigenvalue weighted by Gasteiger charge is 2.26. The van der Waals surface area contributed by atoms with Crippen LogP contribution in [0.1, 0.15) is 30.7 Å². The number of piperidine rings is 1. The number of rotatable bonds is 8. The Balaban J connectivity index is 1.17. The molecule has 1 N–H and O–H groups in total. The van der Waals surface area contributed by atoms with Gasteiger partial charge < -0.3 is 19.5 Å². The Morgan fingerprint density at radius 2 is 1.79 bits per heavy atom. The summed E-state index contributed by atoms with van der Waals surface area (Å²) in [5, 5.41) is 3.87. The Kier molecular flexibility index (Phi) is 8.41. The first kappa shape index (κ1) is 24.2. The van der Waals surface area contributed by atoms with Crippen LogP contribution in [0, 0.1) is 12.8 Å². The zero-order chi connectivity index (χ0) is 23.2. The summed E-state index contributed by atoms with van der Waals surface area (Å²) in [4.78, 5) is 24.6. The van der Waals surface area contributed by atoms with Gasteiger partial charge in [-0.05, 0) is 77.1 Å². The van der Waals surface area contributed by atoms with Gasteiger partial charge in [0, 0.05) is 55.8 Å². The van der Waals surface area contributed by atoms with E-state index in [0.717, 1.165) is 95.2 Å². The highest BCUT2D eigenvalue weighted by atomic mass is 35.5. The second-order valence-electron chi connectivity index (χ2n) is 9.37. The third-order valence-corrected chi connectivity index (χ3v) is 7.11. The number of halogens is 1. The van der Waals surface area contributed by atoms with Crippen LogP contribution < -0.4 is 5.32 Å². The van der Waals surface area contributed by atoms with Crippen molar-refractivity contribution in [2.45, 2.75) is 32.7 Å². The molecule has 0 bridgehead atoms. The molecule has 0 unspecified atom stereocenters. The number of carbonyl (C=O) groups is 1. The number of piperazine rings is 1. The number of aryl methyl sites for hydroxylation is 1. The van der Waals surface area contributed by atoms with Crippen molar-refractivity contribution in [3.63, 3.8) is 0 Å². The first-order valence-corrected chi connectivity index (χ1v) is 12.5. The largest absolute Gasteiger partial charge is 0.441 e. The van der Waals surface area contributed by atoms with Gasteiger partial charge in [0.2, 0.25) is 11.8 Å². The molecule has 2 fully saturated rings. The van der Waals surface area contributed by atoms with Gasteiger partial charge in [-0.1, -0.05) is 11.6 Å². The highest BCUT2D eigenvalue weighted by Crippen LogP contribution is 2.25. The van der Waals surface area contributed by atoms with Crippen LogP contribution in [0.3, 0.4) is 0 Å². The molecule has 0 spiro atoms. The van der Waals surface area contributed by atoms with Crippen molar-refractivity contribution in [2.75, 3.05) is 59.4 Å². The molecule has 0 atom stereocenters. The van der Waals surface area contributed by atoms with Gasteiger partial charge in [0.1, 0.15) is 5.76 Å². The number of nitrogens with zero attached hydrogens (tertiary/aromatic N) is 4. The summed E-state index contributed by atoms with van der Waals surface area (Å²) < 4.78 is 5.89. The van der Waals surface area contributed by atoms with E-state index in [2.05, 4.69) is 27.1 Å². The molecule has 4 rings (SSSR count). The predicted octanol–water partition coefficient (Wildman–Crippen LogP) is 3.27. The average Bonchev–Trinajstić information content (AvgIpc) is 3.18. The fraction of sp³-hybridized carbons (Fsp3) is 0.600. The molecule has 1 amide bonds. The van der Waals surface area contributed by atoms with Crippen molar-refractivity contribution < 1.29 is 9.21 Å². The molecule has 2 saturated heterocycles. The van der Waals surface area contributed by atoms with Crippen LogP contribution in [0.25, 0.3) is 11.5 Å². The Morgan fingerprint density at radius 3 is 2.48 bits per heavy atom. The van der Waals surface area contributed by atoms with E-state index in [0.29, 0.717) is 10.9 Å². The third kappa shape index (κ3) is 6.79. The van der Waals surface area contributed by atoms with E-state index in [-0.39, 0.29) is 11.8 Å². The van der Waals surface area contributed by atoms with E-state index in [9.17, 15) is 4.79 Å². The van der Waals surface area contributed by atoms with Crippen molar-refractivity contribution >= 4 is 17.5 Å². The normalized spacial score (nSPS) is 19.1. The van der Waals surface area contributed by atoms with Crippen molar-refractivity contribution in [1.29, 1.82) is 0 Å². The van der Waals surface area contributed by atoms with Gasteiger partial charge in [-0.25, -0.2) is 4.98 Å². The van der Waals surface area contributed by atoms with Gasteiger partial charge in [-0.15, -0.1) is 0 Å². The molecular weight excluding hydrogens is 438 g/mol. The molecule has 0 aliphatic carbocycles. The first-order valence-electron chi connectivity index (χ1n) is 12.1. The van der Waals surface area contributed by atoms with Gasteiger partial charge >= 0.3 is 0 Å². The maximum Gasteiger partial charge on any atom is 0.226 e. The maximum atomic E-state index is 12.6. The van der Waals surface area contributed by atoms with Crippen LogP contribution >= 0.6 is 11.6 Å². The molecule has 1 aromatic heterocycles. The minimum atomic E-state index is 0.118. The van der Waals surface area contributed by atoms with E-state index >= 15 is 0 Å². The van der Waals surface area contributed by atoms with Gasteiger partial charge in [-0.2, -0.15) is 0 Å². The number of hydrogen-bond acceptors (Lipinski definition) is 6. The number of likely N-dealkylation sites (tertiary alicyclic amines) is 1. The minimum absolute atomic E-state index is 0.118. The molecule has 0 saturated carbocycles. The van der Waals surface area contributed by atoms with Crippen LogP contribution in [-0.2, 0) is 11.3 Å². The Bertz CT molecular complexity index is 900. The van der Waals surface area contributed by atoms with Crippen molar-refractivity contribution in [3.8, 4) is 11.5 Å². The number of aromatic nitrogens is 1. The number of likely N-dealkylation sites (N-methyl/N-ethyl adjacent to an activating group) is 1. The molecule has 2 aliphatic rings. The topological polar surface area (TPSA) is 64.9 Å². The van der Waals surface area contributed by atoms with Crippen LogP contribution in [0.2, 0.25) is 5.02 Å². The second-order valence-corrected chi connectivity index (χ2v) is 9.81. The zero-order valence-corrected chi connectivity index (χ0v) is 20.6. The number of oxazole rings is 1. The van der Waals surface area contributed by atoms with Gasteiger partial charge in [0.25, 0.3) is 0 Å². The lowest BCUT2D eigenvalue weighted by Gasteiger charge is -2.32.